The molecule has 0 aliphatic carbocycles. The van der Waals surface area contributed by atoms with Crippen LogP contribution in [0.15, 0.2) is 18.2 Å². The van der Waals surface area contributed by atoms with E-state index in [1.807, 2.05) is 41.5 Å². The van der Waals surface area contributed by atoms with Crippen LogP contribution < -0.4 is 10.6 Å². The molecule has 0 saturated carbocycles. The Morgan fingerprint density at radius 3 is 2.12 bits per heavy atom. The number of ketones is 1. The summed E-state index contributed by atoms with van der Waals surface area (Å²) in [5, 5.41) is 5.87. The number of amides is 3. The number of methoxy groups -OCH3 is 2. The third-order valence-corrected chi connectivity index (χ3v) is 10.9. The molecule has 2 rings (SSSR count). The van der Waals surface area contributed by atoms with Gasteiger partial charge in [0.25, 0.3) is 0 Å². The highest BCUT2D eigenvalue weighted by Gasteiger charge is 2.43. The molecule has 0 radical (unpaired) electrons. The summed E-state index contributed by atoms with van der Waals surface area (Å²) >= 11 is 0. The van der Waals surface area contributed by atoms with Crippen molar-refractivity contribution in [2.75, 3.05) is 41.4 Å². The monoisotopic (exact) mass is 722 g/mol. The fourth-order valence-corrected chi connectivity index (χ4v) is 7.63. The molecule has 0 unspecified atom stereocenters. The predicted octanol–water partition coefficient (Wildman–Crippen LogP) is 5.02. The third kappa shape index (κ3) is 11.5. The average molecular weight is 723 g/mol. The molecule has 1 aromatic carbocycles. The van der Waals surface area contributed by atoms with Gasteiger partial charge in [-0.25, -0.2) is 8.78 Å². The van der Waals surface area contributed by atoms with Gasteiger partial charge in [-0.05, 0) is 56.2 Å². The second-order valence-corrected chi connectivity index (χ2v) is 14.9. The van der Waals surface area contributed by atoms with E-state index in [1.165, 1.54) is 25.3 Å². The molecule has 1 saturated heterocycles. The first-order valence-corrected chi connectivity index (χ1v) is 18.6. The molecule has 1 heterocycles. The number of carbonyl (C=O) groups excluding carboxylic acids is 4. The SMILES string of the molecule is CC[C@H](C)[C@@H]([C@@H](CC(=O)N1CCC[C@H]1[C@H](OC)[C@@H](C)C(=O)NCCc1c(F)cccc1F)OC)N(C)C(=O)[C@@H](CC(=O)[C@@H](NC)C(C)C)C(C)C. The molecule has 1 aliphatic rings. The molecule has 10 nitrogen and oxygen atoms in total. The van der Waals surface area contributed by atoms with Gasteiger partial charge in [-0.15, -0.1) is 0 Å². The van der Waals surface area contributed by atoms with Crippen molar-refractivity contribution < 1.29 is 37.4 Å². The lowest BCUT2D eigenvalue weighted by atomic mass is 9.84. The minimum Gasteiger partial charge on any atom is -0.379 e. The summed E-state index contributed by atoms with van der Waals surface area (Å²) < 4.78 is 40.0. The van der Waals surface area contributed by atoms with Crippen LogP contribution in [0.5, 0.6) is 0 Å². The quantitative estimate of drug-likeness (QED) is 0.183. The summed E-state index contributed by atoms with van der Waals surface area (Å²) in [6.07, 6.45) is 1.01. The number of nitrogens with one attached hydrogen (secondary N) is 2. The second-order valence-electron chi connectivity index (χ2n) is 14.9. The molecule has 2 N–H and O–H groups in total. The molecule has 0 aromatic heterocycles. The second kappa shape index (κ2) is 20.9. The number of halogens is 2. The van der Waals surface area contributed by atoms with Crippen LogP contribution in [-0.2, 0) is 35.1 Å². The van der Waals surface area contributed by atoms with Crippen molar-refractivity contribution in [2.24, 2.45) is 29.6 Å². The van der Waals surface area contributed by atoms with Crippen molar-refractivity contribution >= 4 is 23.5 Å². The predicted molar refractivity (Wildman–Crippen MR) is 195 cm³/mol. The fraction of sp³-hybridized carbons (Fsp3) is 0.744. The molecule has 8 atom stereocenters. The number of hydrogen-bond donors (Lipinski definition) is 2. The van der Waals surface area contributed by atoms with Gasteiger partial charge in [0, 0.05) is 52.3 Å². The lowest BCUT2D eigenvalue weighted by Crippen LogP contribution is -2.54. The van der Waals surface area contributed by atoms with Crippen LogP contribution >= 0.6 is 0 Å². The number of likely N-dealkylation sites (tertiary alicyclic amines) is 1. The first-order chi connectivity index (χ1) is 24.0. The largest absolute Gasteiger partial charge is 0.379 e. The van der Waals surface area contributed by atoms with Crippen molar-refractivity contribution in [3.05, 3.63) is 35.4 Å². The van der Waals surface area contributed by atoms with Gasteiger partial charge < -0.3 is 29.9 Å². The Kier molecular flexibility index (Phi) is 18.1. The fourth-order valence-electron chi connectivity index (χ4n) is 7.63. The van der Waals surface area contributed by atoms with Crippen LogP contribution in [0.4, 0.5) is 8.78 Å². The number of Topliss-reactive ketones (excluding diaryl/α,β-unsaturated/α-hetero) is 1. The number of nitrogens with zero attached hydrogens (tertiary/aromatic N) is 2. The molecular weight excluding hydrogens is 658 g/mol. The van der Waals surface area contributed by atoms with Crippen LogP contribution in [0.3, 0.4) is 0 Å². The van der Waals surface area contributed by atoms with Gasteiger partial charge >= 0.3 is 0 Å². The van der Waals surface area contributed by atoms with Crippen molar-refractivity contribution in [3.63, 3.8) is 0 Å². The lowest BCUT2D eigenvalue weighted by molar-refractivity contribution is -0.149. The maximum absolute atomic E-state index is 14.1. The Balaban J connectivity index is 2.21. The smallest absolute Gasteiger partial charge is 0.226 e. The Morgan fingerprint density at radius 2 is 1.61 bits per heavy atom. The molecular formula is C39H64F2N4O6. The number of rotatable bonds is 21. The molecule has 1 aromatic rings. The zero-order valence-electron chi connectivity index (χ0n) is 32.8. The molecule has 12 heteroatoms. The standard InChI is InChI=1S/C39H64F2N4O6/c1-12-25(6)36(44(9)39(49)28(23(2)3)21-32(46)35(42-8)24(4)5)33(50-10)22-34(47)45-20-14-17-31(45)37(51-11)26(7)38(48)43-19-18-27-29(40)15-13-16-30(27)41/h13,15-16,23-26,28,31,33,35-37,42H,12,14,17-22H2,1-11H3,(H,43,48)/t25-,26+,28-,31-,33+,35-,36-,37+/m0/s1. The van der Waals surface area contributed by atoms with Crippen molar-refractivity contribution in [3.8, 4) is 0 Å². The topological polar surface area (TPSA) is 117 Å². The highest BCUT2D eigenvalue weighted by atomic mass is 19.1. The Bertz CT molecular complexity index is 1280. The molecule has 1 fully saturated rings. The van der Waals surface area contributed by atoms with Crippen LogP contribution in [0.25, 0.3) is 0 Å². The molecule has 290 valence electrons. The Labute approximate surface area is 304 Å². The van der Waals surface area contributed by atoms with E-state index < -0.39 is 41.7 Å². The highest BCUT2D eigenvalue weighted by molar-refractivity contribution is 5.90. The van der Waals surface area contributed by atoms with Gasteiger partial charge in [-0.1, -0.05) is 61.0 Å². The normalized spacial score (nSPS) is 19.0. The van der Waals surface area contributed by atoms with Crippen molar-refractivity contribution in [1.29, 1.82) is 0 Å². The molecule has 1 aliphatic heterocycles. The van der Waals surface area contributed by atoms with Crippen molar-refractivity contribution in [2.45, 2.75) is 117 Å². The summed E-state index contributed by atoms with van der Waals surface area (Å²) in [6, 6.07) is 2.52. The van der Waals surface area contributed by atoms with Gasteiger partial charge in [0.1, 0.15) is 11.6 Å². The minimum absolute atomic E-state index is 0.00109. The van der Waals surface area contributed by atoms with E-state index in [0.717, 1.165) is 12.8 Å². The Morgan fingerprint density at radius 1 is 0.980 bits per heavy atom. The first-order valence-electron chi connectivity index (χ1n) is 18.6. The highest BCUT2D eigenvalue weighted by Crippen LogP contribution is 2.31. The minimum atomic E-state index is -0.660. The van der Waals surface area contributed by atoms with E-state index in [4.69, 9.17) is 9.47 Å². The summed E-state index contributed by atoms with van der Waals surface area (Å²) in [7, 11) is 6.56. The Hall–Kier alpha value is -2.96. The van der Waals surface area contributed by atoms with Gasteiger partial charge in [0.2, 0.25) is 17.7 Å². The number of ether oxygens (including phenoxy) is 2. The van der Waals surface area contributed by atoms with E-state index in [1.54, 1.807) is 37.9 Å². The average Bonchev–Trinajstić information content (AvgIpc) is 3.57. The number of hydrogen-bond acceptors (Lipinski definition) is 7. The van der Waals surface area contributed by atoms with Gasteiger partial charge in [-0.2, -0.15) is 0 Å². The van der Waals surface area contributed by atoms with Crippen LogP contribution in [0.1, 0.15) is 86.1 Å². The van der Waals surface area contributed by atoms with Gasteiger partial charge in [0.15, 0.2) is 5.78 Å². The number of benzene rings is 1. The van der Waals surface area contributed by atoms with E-state index in [9.17, 15) is 28.0 Å². The van der Waals surface area contributed by atoms with Crippen LogP contribution in [0.2, 0.25) is 0 Å². The van der Waals surface area contributed by atoms with E-state index in [2.05, 4.69) is 10.6 Å². The number of likely N-dealkylation sites (N-methyl/N-ethyl adjacent to an activating group) is 2. The van der Waals surface area contributed by atoms with Crippen LogP contribution in [-0.4, -0.2) is 105 Å². The maximum Gasteiger partial charge on any atom is 0.226 e. The van der Waals surface area contributed by atoms with Crippen molar-refractivity contribution in [1.82, 2.24) is 20.4 Å². The van der Waals surface area contributed by atoms with Crippen LogP contribution in [0, 0.1) is 41.2 Å². The molecule has 0 spiro atoms. The van der Waals surface area contributed by atoms with E-state index >= 15 is 0 Å². The summed E-state index contributed by atoms with van der Waals surface area (Å²) in [5.74, 6) is -3.14. The summed E-state index contributed by atoms with van der Waals surface area (Å²) in [5.41, 5.74) is -0.0844. The third-order valence-electron chi connectivity index (χ3n) is 10.9. The van der Waals surface area contributed by atoms with E-state index in [0.29, 0.717) is 13.0 Å². The van der Waals surface area contributed by atoms with E-state index in [-0.39, 0.29) is 84.7 Å². The summed E-state index contributed by atoms with van der Waals surface area (Å²) in [6.45, 7) is 14.2. The zero-order valence-corrected chi connectivity index (χ0v) is 32.8. The van der Waals surface area contributed by atoms with Gasteiger partial charge in [-0.3, -0.25) is 19.2 Å². The lowest BCUT2D eigenvalue weighted by Gasteiger charge is -2.41. The number of carbonyl (C=O) groups is 4. The molecule has 0 bridgehead atoms. The molecule has 51 heavy (non-hydrogen) atoms. The van der Waals surface area contributed by atoms with Gasteiger partial charge in [0.05, 0.1) is 42.7 Å². The molecule has 3 amide bonds. The summed E-state index contributed by atoms with van der Waals surface area (Å²) in [4.78, 5) is 58.1. The first kappa shape index (κ1) is 44.2. The maximum atomic E-state index is 14.1. The zero-order chi connectivity index (χ0) is 38.6.